The van der Waals surface area contributed by atoms with Gasteiger partial charge in [0.25, 0.3) is 5.22 Å². The molecule has 140 valence electrons. The number of carbonyl (C=O) groups is 1. The Morgan fingerprint density at radius 2 is 2.15 bits per heavy atom. The number of benzene rings is 1. The number of hydrogen-bond donors (Lipinski definition) is 0. The number of likely N-dealkylation sites (tertiary alicyclic amines) is 1. The second kappa shape index (κ2) is 9.19. The van der Waals surface area contributed by atoms with Gasteiger partial charge < -0.3 is 9.32 Å². The van der Waals surface area contributed by atoms with E-state index >= 15 is 0 Å². The molecule has 1 atom stereocenters. The highest BCUT2D eigenvalue weighted by Crippen LogP contribution is 2.20. The quantitative estimate of drug-likeness (QED) is 0.695. The number of hydrogen-bond acceptors (Lipinski definition) is 6. The molecule has 3 rings (SSSR count). The molecule has 1 aromatic carbocycles. The van der Waals surface area contributed by atoms with Crippen LogP contribution in [0.25, 0.3) is 0 Å². The molecular formula is C19H26N4O2S. The Bertz CT molecular complexity index is 707. The van der Waals surface area contributed by atoms with E-state index in [9.17, 15) is 4.79 Å². The maximum Gasteiger partial charge on any atom is 0.277 e. The van der Waals surface area contributed by atoms with Crippen molar-refractivity contribution in [3.05, 3.63) is 41.8 Å². The minimum absolute atomic E-state index is 0.143. The molecule has 0 spiro atoms. The van der Waals surface area contributed by atoms with Gasteiger partial charge in [0.15, 0.2) is 0 Å². The minimum atomic E-state index is 0.143. The van der Waals surface area contributed by atoms with Crippen LogP contribution in [-0.4, -0.2) is 57.8 Å². The summed E-state index contributed by atoms with van der Waals surface area (Å²) in [6.07, 6.45) is 2.88. The standard InChI is InChI=1S/C19H26N4O2S/c1-3-17-20-21-19(25-17)26-14-18(24)23-11-7-10-16(13-23)22(2)12-15-8-5-4-6-9-15/h4-6,8-9,16H,3,7,10-14H2,1-2H3/t16-/m1/s1. The van der Waals surface area contributed by atoms with E-state index in [4.69, 9.17) is 4.42 Å². The molecule has 0 aliphatic carbocycles. The number of aromatic nitrogens is 2. The summed E-state index contributed by atoms with van der Waals surface area (Å²) in [6, 6.07) is 10.9. The van der Waals surface area contributed by atoms with Crippen molar-refractivity contribution in [2.75, 3.05) is 25.9 Å². The number of carbonyl (C=O) groups excluding carboxylic acids is 1. The molecule has 1 aromatic heterocycles. The zero-order chi connectivity index (χ0) is 18.4. The fourth-order valence-corrected chi connectivity index (χ4v) is 3.88. The average Bonchev–Trinajstić information content (AvgIpc) is 3.15. The van der Waals surface area contributed by atoms with Gasteiger partial charge in [0.05, 0.1) is 5.75 Å². The first-order valence-electron chi connectivity index (χ1n) is 9.13. The average molecular weight is 375 g/mol. The Morgan fingerprint density at radius 3 is 2.88 bits per heavy atom. The van der Waals surface area contributed by atoms with Crippen LogP contribution in [-0.2, 0) is 17.8 Å². The van der Waals surface area contributed by atoms with Crippen LogP contribution >= 0.6 is 11.8 Å². The summed E-state index contributed by atoms with van der Waals surface area (Å²) in [4.78, 5) is 16.9. The fraction of sp³-hybridized carbons (Fsp3) is 0.526. The zero-order valence-corrected chi connectivity index (χ0v) is 16.2. The number of likely N-dealkylation sites (N-methyl/N-ethyl adjacent to an activating group) is 1. The van der Waals surface area contributed by atoms with Crippen LogP contribution in [0, 0.1) is 0 Å². The first-order valence-corrected chi connectivity index (χ1v) is 10.1. The first kappa shape index (κ1) is 18.9. The van der Waals surface area contributed by atoms with Gasteiger partial charge in [-0.3, -0.25) is 9.69 Å². The number of nitrogens with zero attached hydrogens (tertiary/aromatic N) is 4. The van der Waals surface area contributed by atoms with Gasteiger partial charge >= 0.3 is 0 Å². The van der Waals surface area contributed by atoms with E-state index in [2.05, 4.69) is 46.4 Å². The maximum absolute atomic E-state index is 12.6. The summed E-state index contributed by atoms with van der Waals surface area (Å²) in [5, 5.41) is 8.37. The molecular weight excluding hydrogens is 348 g/mol. The normalized spacial score (nSPS) is 17.7. The van der Waals surface area contributed by atoms with E-state index in [1.165, 1.54) is 17.3 Å². The lowest BCUT2D eigenvalue weighted by atomic mass is 10.0. The van der Waals surface area contributed by atoms with E-state index in [1.807, 2.05) is 17.9 Å². The van der Waals surface area contributed by atoms with Crippen LogP contribution < -0.4 is 0 Å². The van der Waals surface area contributed by atoms with Gasteiger partial charge in [-0.05, 0) is 25.5 Å². The van der Waals surface area contributed by atoms with Gasteiger partial charge in [-0.25, -0.2) is 0 Å². The molecule has 0 unspecified atom stereocenters. The molecule has 7 heteroatoms. The molecule has 2 aromatic rings. The van der Waals surface area contributed by atoms with Crippen LogP contribution in [0.3, 0.4) is 0 Å². The number of piperidine rings is 1. The molecule has 0 radical (unpaired) electrons. The lowest BCUT2D eigenvalue weighted by Gasteiger charge is -2.37. The molecule has 1 fully saturated rings. The van der Waals surface area contributed by atoms with Gasteiger partial charge in [-0.2, -0.15) is 0 Å². The monoisotopic (exact) mass is 374 g/mol. The minimum Gasteiger partial charge on any atom is -0.416 e. The SMILES string of the molecule is CCc1nnc(SCC(=O)N2CCC[C@@H](N(C)Cc3ccccc3)C2)o1. The Labute approximate surface area is 159 Å². The number of thioether (sulfide) groups is 1. The largest absolute Gasteiger partial charge is 0.416 e. The van der Waals surface area contributed by atoms with Crippen molar-refractivity contribution in [2.45, 2.75) is 44.0 Å². The van der Waals surface area contributed by atoms with Crippen LogP contribution in [0.1, 0.15) is 31.2 Å². The third kappa shape index (κ3) is 5.08. The molecule has 0 N–H and O–H groups in total. The van der Waals surface area contributed by atoms with Gasteiger partial charge in [-0.1, -0.05) is 49.0 Å². The van der Waals surface area contributed by atoms with E-state index in [1.54, 1.807) is 0 Å². The van der Waals surface area contributed by atoms with Crippen LogP contribution in [0.4, 0.5) is 0 Å². The van der Waals surface area contributed by atoms with Crippen molar-refractivity contribution in [3.63, 3.8) is 0 Å². The Balaban J connectivity index is 1.49. The van der Waals surface area contributed by atoms with Crippen LogP contribution in [0.5, 0.6) is 0 Å². The smallest absolute Gasteiger partial charge is 0.277 e. The van der Waals surface area contributed by atoms with Gasteiger partial charge in [0.2, 0.25) is 11.8 Å². The highest BCUT2D eigenvalue weighted by molar-refractivity contribution is 7.99. The summed E-state index contributed by atoms with van der Waals surface area (Å²) >= 11 is 1.33. The molecule has 6 nitrogen and oxygen atoms in total. The molecule has 1 aliphatic rings. The van der Waals surface area contributed by atoms with Crippen molar-refractivity contribution < 1.29 is 9.21 Å². The lowest BCUT2D eigenvalue weighted by Crippen LogP contribution is -2.48. The van der Waals surface area contributed by atoms with Gasteiger partial charge in [0.1, 0.15) is 0 Å². The molecule has 1 saturated heterocycles. The molecule has 1 amide bonds. The van der Waals surface area contributed by atoms with E-state index in [0.29, 0.717) is 29.3 Å². The van der Waals surface area contributed by atoms with Crippen molar-refractivity contribution in [3.8, 4) is 0 Å². The van der Waals surface area contributed by atoms with Gasteiger partial charge in [-0.15, -0.1) is 10.2 Å². The maximum atomic E-state index is 12.6. The van der Waals surface area contributed by atoms with Gasteiger partial charge in [0, 0.05) is 32.1 Å². The predicted octanol–water partition coefficient (Wildman–Crippen LogP) is 2.85. The van der Waals surface area contributed by atoms with Crippen LogP contribution in [0.2, 0.25) is 0 Å². The summed E-state index contributed by atoms with van der Waals surface area (Å²) < 4.78 is 5.46. The highest BCUT2D eigenvalue weighted by Gasteiger charge is 2.26. The summed E-state index contributed by atoms with van der Waals surface area (Å²) in [5.41, 5.74) is 1.30. The van der Waals surface area contributed by atoms with Crippen molar-refractivity contribution in [2.24, 2.45) is 0 Å². The molecule has 2 heterocycles. The Kier molecular flexibility index (Phi) is 6.68. The summed E-state index contributed by atoms with van der Waals surface area (Å²) in [5.74, 6) is 1.10. The summed E-state index contributed by atoms with van der Waals surface area (Å²) in [6.45, 7) is 4.49. The van der Waals surface area contributed by atoms with Crippen molar-refractivity contribution >= 4 is 17.7 Å². The second-order valence-corrected chi connectivity index (χ2v) is 7.57. The zero-order valence-electron chi connectivity index (χ0n) is 15.4. The molecule has 0 saturated carbocycles. The lowest BCUT2D eigenvalue weighted by molar-refractivity contribution is -0.130. The van der Waals surface area contributed by atoms with E-state index in [-0.39, 0.29) is 5.91 Å². The highest BCUT2D eigenvalue weighted by atomic mass is 32.2. The number of amides is 1. The second-order valence-electron chi connectivity index (χ2n) is 6.64. The number of aryl methyl sites for hydroxylation is 1. The van der Waals surface area contributed by atoms with Crippen molar-refractivity contribution in [1.82, 2.24) is 20.0 Å². The fourth-order valence-electron chi connectivity index (χ4n) is 3.20. The third-order valence-electron chi connectivity index (χ3n) is 4.72. The predicted molar refractivity (Wildman–Crippen MR) is 102 cm³/mol. The van der Waals surface area contributed by atoms with E-state index in [0.717, 1.165) is 32.5 Å². The molecule has 26 heavy (non-hydrogen) atoms. The van der Waals surface area contributed by atoms with Crippen LogP contribution in [0.15, 0.2) is 40.0 Å². The molecule has 0 bridgehead atoms. The Morgan fingerprint density at radius 1 is 1.35 bits per heavy atom. The summed E-state index contributed by atoms with van der Waals surface area (Å²) in [7, 11) is 2.14. The van der Waals surface area contributed by atoms with Crippen molar-refractivity contribution in [1.29, 1.82) is 0 Å². The molecule has 1 aliphatic heterocycles. The number of rotatable bonds is 7. The topological polar surface area (TPSA) is 62.5 Å². The Hall–Kier alpha value is -1.86. The van der Waals surface area contributed by atoms with E-state index < -0.39 is 0 Å². The third-order valence-corrected chi connectivity index (χ3v) is 5.52. The first-order chi connectivity index (χ1) is 12.7.